The molecule has 0 aliphatic heterocycles. The number of carbonyl (C=O) groups is 1. The van der Waals surface area contributed by atoms with Crippen molar-refractivity contribution in [3.63, 3.8) is 0 Å². The third-order valence-electron chi connectivity index (χ3n) is 0. The molecule has 0 saturated carbocycles. The van der Waals surface area contributed by atoms with Crippen molar-refractivity contribution in [1.82, 2.24) is 0 Å². The van der Waals surface area contributed by atoms with Crippen LogP contribution in [0, 0.1) is 10.8 Å². The Balaban J connectivity index is -0.0000000300. The molecule has 0 aliphatic rings. The predicted octanol–water partition coefficient (Wildman–Crippen LogP) is -10.7. The van der Waals surface area contributed by atoms with Gasteiger partial charge in [0.2, 0.25) is 6.16 Å². The van der Waals surface area contributed by atoms with E-state index in [9.17, 15) is 0 Å². The minimum absolute atomic E-state index is 0. The Bertz CT molecular complexity index is 60.0. The molecule has 0 rings (SSSR count). The Morgan fingerprint density at radius 2 is 1.20 bits per heavy atom. The molecule has 0 saturated heterocycles. The van der Waals surface area contributed by atoms with Crippen molar-refractivity contribution in [1.29, 1.82) is 0 Å². The maximum Gasteiger partial charge on any atom is 1.00 e. The molecule has 0 bridgehead atoms. The van der Waals surface area contributed by atoms with Gasteiger partial charge in [0, 0.05) is 0 Å². The van der Waals surface area contributed by atoms with E-state index >= 15 is 0 Å². The van der Waals surface area contributed by atoms with Gasteiger partial charge in [0.15, 0.2) is 0 Å². The topological polar surface area (TPSA) is 130 Å². The summed E-state index contributed by atoms with van der Waals surface area (Å²) in [5, 5.41) is 15.3. The van der Waals surface area contributed by atoms with Crippen LogP contribution in [0.3, 0.4) is 0 Å². The summed E-state index contributed by atoms with van der Waals surface area (Å²) in [5.74, 6) is 0. The van der Waals surface area contributed by atoms with Gasteiger partial charge in [0.1, 0.15) is 0 Å². The van der Waals surface area contributed by atoms with E-state index in [0.717, 1.165) is 0 Å². The molecule has 9 heteroatoms. The van der Waals surface area contributed by atoms with Gasteiger partial charge in [0.05, 0.1) is 10.8 Å². The van der Waals surface area contributed by atoms with E-state index in [-0.39, 0.29) is 59.1 Å². The van der Waals surface area contributed by atoms with Crippen LogP contribution in [-0.2, 0) is 0 Å². The summed E-state index contributed by atoms with van der Waals surface area (Å²) >= 11 is 0. The van der Waals surface area contributed by atoms with Crippen LogP contribution in [0.1, 0.15) is 0 Å². The zero-order chi connectivity index (χ0) is 7.15. The molecule has 0 aromatic carbocycles. The molecule has 0 aliphatic carbocycles. The Hall–Kier alpha value is 1.44. The van der Waals surface area contributed by atoms with Crippen molar-refractivity contribution in [3.05, 3.63) is 0 Å². The van der Waals surface area contributed by atoms with Crippen LogP contribution in [0.25, 0.3) is 0 Å². The summed E-state index contributed by atoms with van der Waals surface area (Å²) in [6.07, 6.45) is -2.08. The zero-order valence-electron chi connectivity index (χ0n) is 5.37. The van der Waals surface area contributed by atoms with Crippen LogP contribution in [0.4, 0.5) is 4.79 Å². The standard InChI is InChI=1S/CH2O3.ClO3.2Na/c2*2-1(3)4;;/h(H2,2,3,4);;;/q;-1;2*+1/p-1. The van der Waals surface area contributed by atoms with E-state index in [1.807, 2.05) is 0 Å². The molecule has 0 amide bonds. The summed E-state index contributed by atoms with van der Waals surface area (Å²) in [6.45, 7) is 0. The molecular formula is CHClNa2O6. The monoisotopic (exact) mass is 190 g/mol. The third-order valence-corrected chi connectivity index (χ3v) is 0. The van der Waals surface area contributed by atoms with Crippen LogP contribution in [0.15, 0.2) is 0 Å². The molecular weight excluding hydrogens is 189 g/mol. The third kappa shape index (κ3) is 324. The maximum absolute atomic E-state index is 8.44. The van der Waals surface area contributed by atoms with E-state index < -0.39 is 16.9 Å². The second-order valence-electron chi connectivity index (χ2n) is 0.455. The molecule has 0 unspecified atom stereocenters. The van der Waals surface area contributed by atoms with Crippen molar-refractivity contribution < 1.29 is 98.9 Å². The Morgan fingerprint density at radius 3 is 1.20 bits per heavy atom. The number of hydrogen-bond acceptors (Lipinski definition) is 5. The van der Waals surface area contributed by atoms with E-state index in [1.54, 1.807) is 0 Å². The quantitative estimate of drug-likeness (QED) is 0.378. The largest absolute Gasteiger partial charge is 1.00 e. The van der Waals surface area contributed by atoms with Gasteiger partial charge >= 0.3 is 59.1 Å². The summed E-state index contributed by atoms with van der Waals surface area (Å²) < 4.78 is 25.2. The SMILES string of the molecule is O=C([O-])O.[Na+].[Na+].[O-][Cl+2]([O-])[O-]. The van der Waals surface area contributed by atoms with Crippen molar-refractivity contribution in [2.75, 3.05) is 0 Å². The summed E-state index contributed by atoms with van der Waals surface area (Å²) in [7, 11) is -2.85. The second kappa shape index (κ2) is 16.8. The van der Waals surface area contributed by atoms with Gasteiger partial charge in [-0.1, -0.05) is 0 Å². The first kappa shape index (κ1) is 22.5. The molecule has 0 heterocycles. The van der Waals surface area contributed by atoms with Crippen LogP contribution in [-0.4, -0.2) is 11.3 Å². The summed E-state index contributed by atoms with van der Waals surface area (Å²) in [5.41, 5.74) is 0. The first-order valence-electron chi connectivity index (χ1n) is 1.09. The minimum Gasteiger partial charge on any atom is -0.565 e. The number of halogens is 1. The van der Waals surface area contributed by atoms with Crippen molar-refractivity contribution in [2.24, 2.45) is 0 Å². The normalized spacial score (nSPS) is 6.00. The Kier molecular flexibility index (Phi) is 37.9. The number of carboxylic acid groups (broad SMARTS) is 2. The molecule has 1 N–H and O–H groups in total. The molecule has 0 aromatic rings. The first-order valence-corrected chi connectivity index (χ1v) is 2.02. The second-order valence-corrected chi connectivity index (χ2v) is 0.833. The smallest absolute Gasteiger partial charge is 0.565 e. The zero-order valence-corrected chi connectivity index (χ0v) is 10.1. The van der Waals surface area contributed by atoms with E-state index in [0.29, 0.717) is 0 Å². The van der Waals surface area contributed by atoms with Crippen LogP contribution in [0.2, 0.25) is 0 Å². The van der Waals surface area contributed by atoms with Gasteiger partial charge in [-0.25, -0.2) is 0 Å². The molecule has 50 valence electrons. The molecule has 0 aromatic heterocycles. The molecule has 6 nitrogen and oxygen atoms in total. The van der Waals surface area contributed by atoms with Crippen LogP contribution < -0.4 is 78.2 Å². The average Bonchev–Trinajstić information content (AvgIpc) is 1.25. The van der Waals surface area contributed by atoms with Crippen molar-refractivity contribution >= 4 is 6.16 Å². The van der Waals surface area contributed by atoms with Gasteiger partial charge in [-0.05, 0) is 0 Å². The van der Waals surface area contributed by atoms with Gasteiger partial charge in [-0.2, -0.15) is 0 Å². The molecule has 0 radical (unpaired) electrons. The Labute approximate surface area is 104 Å². The number of hydrogen-bond donors (Lipinski definition) is 1. The average molecular weight is 190 g/mol. The fraction of sp³-hybridized carbons (Fsp3) is 0. The predicted molar refractivity (Wildman–Crippen MR) is 8.02 cm³/mol. The van der Waals surface area contributed by atoms with Crippen molar-refractivity contribution in [3.8, 4) is 0 Å². The van der Waals surface area contributed by atoms with Gasteiger partial charge in [-0.15, -0.1) is 0 Å². The van der Waals surface area contributed by atoms with Gasteiger partial charge < -0.3 is 29.0 Å². The van der Waals surface area contributed by atoms with Gasteiger partial charge in [0.25, 0.3) is 0 Å². The van der Waals surface area contributed by atoms with E-state index in [1.165, 1.54) is 0 Å². The fourth-order valence-electron chi connectivity index (χ4n) is 0. The molecule has 10 heavy (non-hydrogen) atoms. The van der Waals surface area contributed by atoms with Gasteiger partial charge in [-0.3, -0.25) is 0 Å². The maximum atomic E-state index is 8.44. The molecule has 0 atom stereocenters. The van der Waals surface area contributed by atoms with Crippen molar-refractivity contribution in [2.45, 2.75) is 0 Å². The summed E-state index contributed by atoms with van der Waals surface area (Å²) in [4.78, 5) is 8.44. The molecule has 0 fully saturated rings. The minimum atomic E-state index is -2.85. The number of rotatable bonds is 0. The van der Waals surface area contributed by atoms with E-state index in [4.69, 9.17) is 29.0 Å². The fourth-order valence-corrected chi connectivity index (χ4v) is 0. The summed E-state index contributed by atoms with van der Waals surface area (Å²) in [6, 6.07) is 0. The first-order chi connectivity index (χ1) is 3.46. The van der Waals surface area contributed by atoms with E-state index in [2.05, 4.69) is 0 Å². The van der Waals surface area contributed by atoms with Crippen LogP contribution in [0.5, 0.6) is 0 Å². The Morgan fingerprint density at radius 1 is 1.20 bits per heavy atom. The molecule has 0 spiro atoms. The van der Waals surface area contributed by atoms with Crippen LogP contribution >= 0.6 is 0 Å².